The molecule has 1 heterocycles. The Morgan fingerprint density at radius 3 is 2.62 bits per heavy atom. The van der Waals surface area contributed by atoms with Crippen LogP contribution in [-0.2, 0) is 4.74 Å². The molecule has 0 aromatic heterocycles. The van der Waals surface area contributed by atoms with Gasteiger partial charge in [-0.25, -0.2) is 0 Å². The third kappa shape index (κ3) is 1.27. The summed E-state index contributed by atoms with van der Waals surface area (Å²) in [5.41, 5.74) is 0.456. The van der Waals surface area contributed by atoms with E-state index in [1.807, 2.05) is 0 Å². The van der Waals surface area contributed by atoms with Gasteiger partial charge in [0.25, 0.3) is 0 Å². The van der Waals surface area contributed by atoms with E-state index in [1.165, 1.54) is 32.1 Å². The van der Waals surface area contributed by atoms with E-state index in [4.69, 9.17) is 4.74 Å². The van der Waals surface area contributed by atoms with Gasteiger partial charge in [-0.1, -0.05) is 20.8 Å². The number of hydrogen-bond donors (Lipinski definition) is 0. The summed E-state index contributed by atoms with van der Waals surface area (Å²) in [7, 11) is 0. The first-order chi connectivity index (χ1) is 7.47. The van der Waals surface area contributed by atoms with Crippen molar-refractivity contribution in [3.63, 3.8) is 0 Å². The molecule has 0 aromatic rings. The van der Waals surface area contributed by atoms with E-state index >= 15 is 0 Å². The molecule has 0 amide bonds. The van der Waals surface area contributed by atoms with E-state index in [0.717, 1.165) is 17.8 Å². The molecule has 2 aliphatic carbocycles. The summed E-state index contributed by atoms with van der Waals surface area (Å²) in [6, 6.07) is 0. The van der Waals surface area contributed by atoms with Crippen LogP contribution >= 0.6 is 0 Å². The molecule has 0 radical (unpaired) electrons. The summed E-state index contributed by atoms with van der Waals surface area (Å²) in [5, 5.41) is 0. The van der Waals surface area contributed by atoms with Crippen LogP contribution in [0.15, 0.2) is 0 Å². The average Bonchev–Trinajstić information content (AvgIpc) is 2.48. The number of fused-ring (bicyclic) bond motifs is 1. The zero-order chi connectivity index (χ0) is 11.6. The Labute approximate surface area is 99.9 Å². The summed E-state index contributed by atoms with van der Waals surface area (Å²) in [6.07, 6.45) is 6.74. The molecule has 5 atom stereocenters. The van der Waals surface area contributed by atoms with Gasteiger partial charge in [-0.3, -0.25) is 0 Å². The lowest BCUT2D eigenvalue weighted by atomic mass is 9.57. The van der Waals surface area contributed by atoms with Crippen LogP contribution in [0.5, 0.6) is 0 Å². The molecule has 0 spiro atoms. The van der Waals surface area contributed by atoms with Gasteiger partial charge in [-0.2, -0.15) is 0 Å². The lowest BCUT2D eigenvalue weighted by Crippen LogP contribution is -2.48. The summed E-state index contributed by atoms with van der Waals surface area (Å²) >= 11 is 0. The van der Waals surface area contributed by atoms with Gasteiger partial charge in [-0.15, -0.1) is 0 Å². The van der Waals surface area contributed by atoms with Crippen LogP contribution in [-0.4, -0.2) is 11.2 Å². The molecular formula is C15H26O. The molecule has 1 aliphatic heterocycles. The van der Waals surface area contributed by atoms with Crippen LogP contribution in [0.25, 0.3) is 0 Å². The van der Waals surface area contributed by atoms with Gasteiger partial charge in [0, 0.05) is 0 Å². The summed E-state index contributed by atoms with van der Waals surface area (Å²) in [6.45, 7) is 9.57. The predicted octanol–water partition coefficient (Wildman–Crippen LogP) is 4.02. The number of hydrogen-bond acceptors (Lipinski definition) is 1. The van der Waals surface area contributed by atoms with Crippen molar-refractivity contribution < 1.29 is 4.74 Å². The van der Waals surface area contributed by atoms with Crippen molar-refractivity contribution in [2.45, 2.75) is 71.0 Å². The largest absolute Gasteiger partial charge is 0.368 e. The lowest BCUT2D eigenvalue weighted by Gasteiger charge is -2.48. The van der Waals surface area contributed by atoms with Crippen LogP contribution in [0.1, 0.15) is 59.8 Å². The zero-order valence-electron chi connectivity index (χ0n) is 11.3. The van der Waals surface area contributed by atoms with E-state index < -0.39 is 0 Å². The van der Waals surface area contributed by atoms with Gasteiger partial charge in [0.2, 0.25) is 0 Å². The normalized spacial score (nSPS) is 55.7. The van der Waals surface area contributed by atoms with Gasteiger partial charge < -0.3 is 4.74 Å². The third-order valence-corrected chi connectivity index (χ3v) is 5.94. The fourth-order valence-electron chi connectivity index (χ4n) is 4.97. The van der Waals surface area contributed by atoms with E-state index in [9.17, 15) is 0 Å². The number of rotatable bonds is 1. The maximum Gasteiger partial charge on any atom is 0.0744 e. The summed E-state index contributed by atoms with van der Waals surface area (Å²) < 4.78 is 6.64. The Morgan fingerprint density at radius 2 is 1.94 bits per heavy atom. The first-order valence-electron chi connectivity index (χ1n) is 7.17. The van der Waals surface area contributed by atoms with Crippen LogP contribution in [0, 0.1) is 23.7 Å². The Hall–Kier alpha value is -0.0400. The molecule has 0 aromatic carbocycles. The molecule has 92 valence electrons. The quantitative estimate of drug-likeness (QED) is 0.651. The average molecular weight is 222 g/mol. The van der Waals surface area contributed by atoms with E-state index in [0.29, 0.717) is 5.92 Å². The molecule has 1 nitrogen and oxygen atoms in total. The van der Waals surface area contributed by atoms with Gasteiger partial charge in [0.05, 0.1) is 11.2 Å². The van der Waals surface area contributed by atoms with E-state index in [1.54, 1.807) is 0 Å². The van der Waals surface area contributed by atoms with Crippen LogP contribution in [0.2, 0.25) is 0 Å². The second-order valence-corrected chi connectivity index (χ2v) is 7.19. The summed E-state index contributed by atoms with van der Waals surface area (Å²) in [4.78, 5) is 0. The van der Waals surface area contributed by atoms with Gasteiger partial charge in [0.1, 0.15) is 0 Å². The fourth-order valence-corrected chi connectivity index (χ4v) is 4.97. The Balaban J connectivity index is 2.00. The molecule has 3 aliphatic rings. The number of ether oxygens (including phenoxy) is 1. The lowest BCUT2D eigenvalue weighted by molar-refractivity contribution is -0.141. The molecule has 0 N–H and O–H groups in total. The zero-order valence-corrected chi connectivity index (χ0v) is 11.3. The molecule has 3 rings (SSSR count). The molecule has 1 heteroatoms. The maximum absolute atomic E-state index is 6.64. The highest BCUT2D eigenvalue weighted by Gasteiger charge is 2.62. The molecule has 0 unspecified atom stereocenters. The second kappa shape index (κ2) is 3.25. The van der Waals surface area contributed by atoms with Crippen LogP contribution in [0.3, 0.4) is 0 Å². The van der Waals surface area contributed by atoms with Crippen molar-refractivity contribution in [1.82, 2.24) is 0 Å². The first-order valence-corrected chi connectivity index (χ1v) is 7.17. The molecule has 3 fully saturated rings. The highest BCUT2D eigenvalue weighted by atomic mass is 16.5. The highest BCUT2D eigenvalue weighted by molar-refractivity contribution is 5.11. The molecule has 16 heavy (non-hydrogen) atoms. The third-order valence-electron chi connectivity index (χ3n) is 5.94. The highest BCUT2D eigenvalue weighted by Crippen LogP contribution is 2.62. The van der Waals surface area contributed by atoms with Crippen LogP contribution in [0.4, 0.5) is 0 Å². The summed E-state index contributed by atoms with van der Waals surface area (Å²) in [5.74, 6) is 3.43. The Bertz CT molecular complexity index is 298. The van der Waals surface area contributed by atoms with Crippen molar-refractivity contribution in [3.8, 4) is 0 Å². The van der Waals surface area contributed by atoms with E-state index in [-0.39, 0.29) is 11.2 Å². The van der Waals surface area contributed by atoms with Gasteiger partial charge in [0.15, 0.2) is 0 Å². The standard InChI is InChI=1S/C15H26O/c1-10(2)15-8-5-11(3)12-6-7-14(4,16-15)9-13(12)15/h10-13H,5-9H2,1-4H3/t11-,12+,13+,14+,15+/m1/s1. The van der Waals surface area contributed by atoms with Crippen LogP contribution < -0.4 is 0 Å². The minimum absolute atomic E-state index is 0.218. The SMILES string of the molecule is CC(C)[C@@]12CC[C@@H](C)[C@@H]3CC[C@@](C)(C[C@@H]31)O2. The van der Waals surface area contributed by atoms with Crippen molar-refractivity contribution >= 4 is 0 Å². The van der Waals surface area contributed by atoms with Crippen molar-refractivity contribution in [2.24, 2.45) is 23.7 Å². The van der Waals surface area contributed by atoms with Gasteiger partial charge in [-0.05, 0) is 62.7 Å². The molecule has 2 bridgehead atoms. The topological polar surface area (TPSA) is 9.23 Å². The van der Waals surface area contributed by atoms with Crippen molar-refractivity contribution in [1.29, 1.82) is 0 Å². The first kappa shape index (κ1) is 11.1. The maximum atomic E-state index is 6.64. The van der Waals surface area contributed by atoms with Crippen molar-refractivity contribution in [2.75, 3.05) is 0 Å². The van der Waals surface area contributed by atoms with Gasteiger partial charge >= 0.3 is 0 Å². The molecular weight excluding hydrogens is 196 g/mol. The Kier molecular flexibility index (Phi) is 2.25. The van der Waals surface area contributed by atoms with E-state index in [2.05, 4.69) is 27.7 Å². The smallest absolute Gasteiger partial charge is 0.0744 e. The fraction of sp³-hybridized carbons (Fsp3) is 1.00. The minimum atomic E-state index is 0.218. The predicted molar refractivity (Wildman–Crippen MR) is 66.3 cm³/mol. The molecule has 1 saturated heterocycles. The minimum Gasteiger partial charge on any atom is -0.368 e. The monoisotopic (exact) mass is 222 g/mol. The molecule has 2 saturated carbocycles. The Morgan fingerprint density at radius 1 is 1.19 bits per heavy atom. The second-order valence-electron chi connectivity index (χ2n) is 7.19. The van der Waals surface area contributed by atoms with Crippen molar-refractivity contribution in [3.05, 3.63) is 0 Å².